The normalized spacial score (nSPS) is 11.1. The molecule has 0 spiro atoms. The highest BCUT2D eigenvalue weighted by Gasteiger charge is 2.34. The molecule has 0 radical (unpaired) electrons. The fourth-order valence-electron chi connectivity index (χ4n) is 1.54. The summed E-state index contributed by atoms with van der Waals surface area (Å²) in [4.78, 5) is 25.7. The summed E-state index contributed by atoms with van der Waals surface area (Å²) in [5.41, 5.74) is 0.425. The Kier molecular flexibility index (Phi) is 5.04. The highest BCUT2D eigenvalue weighted by Crippen LogP contribution is 2.25. The molecule has 0 saturated carbocycles. The molecule has 2 rings (SSSR count). The van der Waals surface area contributed by atoms with Gasteiger partial charge in [-0.15, -0.1) is 0 Å². The lowest BCUT2D eigenvalue weighted by atomic mass is 10.3. The van der Waals surface area contributed by atoms with Gasteiger partial charge in [0.25, 0.3) is 0 Å². The molecule has 2 aromatic heterocycles. The monoisotopic (exact) mass is 327 g/mol. The van der Waals surface area contributed by atoms with Gasteiger partial charge in [-0.05, 0) is 13.0 Å². The third-order valence-corrected chi connectivity index (χ3v) is 2.55. The maximum atomic E-state index is 12.4. The number of alkyl halides is 3. The summed E-state index contributed by atoms with van der Waals surface area (Å²) in [6, 6.07) is 1.51. The van der Waals surface area contributed by atoms with Crippen LogP contribution >= 0.6 is 0 Å². The summed E-state index contributed by atoms with van der Waals surface area (Å²) in [6.07, 6.45) is -1.08. The van der Waals surface area contributed by atoms with Gasteiger partial charge in [0.15, 0.2) is 0 Å². The molecule has 7 nitrogen and oxygen atoms in total. The molecule has 23 heavy (non-hydrogen) atoms. The number of halogens is 3. The number of aromatic nitrogens is 4. The average molecular weight is 327 g/mol. The van der Waals surface area contributed by atoms with Gasteiger partial charge in [0.2, 0.25) is 11.6 Å². The number of rotatable bonds is 5. The van der Waals surface area contributed by atoms with Gasteiger partial charge in [-0.2, -0.15) is 13.2 Å². The van der Waals surface area contributed by atoms with Crippen LogP contribution in [0.5, 0.6) is 0 Å². The van der Waals surface area contributed by atoms with Crippen LogP contribution < -0.4 is 5.32 Å². The Morgan fingerprint density at radius 2 is 1.96 bits per heavy atom. The zero-order valence-corrected chi connectivity index (χ0v) is 12.0. The van der Waals surface area contributed by atoms with Crippen LogP contribution in [0.15, 0.2) is 24.7 Å². The second-order valence-corrected chi connectivity index (χ2v) is 4.25. The standard InChI is InChI=1S/C13H12F3N5O2/c1-2-23-11(22)10-17-4-3-9(21-10)18-5-8-6-19-12(20-7-8)13(14,15)16/h3-4,6-7H,2,5H2,1H3,(H,17,18,21). The lowest BCUT2D eigenvalue weighted by molar-refractivity contribution is -0.145. The van der Waals surface area contributed by atoms with Gasteiger partial charge in [0, 0.05) is 30.7 Å². The van der Waals surface area contributed by atoms with Crippen LogP contribution in [0.4, 0.5) is 19.0 Å². The SMILES string of the molecule is CCOC(=O)c1nccc(NCc2cnc(C(F)(F)F)nc2)n1. The van der Waals surface area contributed by atoms with E-state index in [-0.39, 0.29) is 19.0 Å². The first-order valence-corrected chi connectivity index (χ1v) is 6.52. The number of nitrogens with one attached hydrogen (secondary N) is 1. The van der Waals surface area contributed by atoms with Gasteiger partial charge in [-0.25, -0.2) is 24.7 Å². The van der Waals surface area contributed by atoms with E-state index in [1.807, 2.05) is 0 Å². The molecule has 0 saturated heterocycles. The van der Waals surface area contributed by atoms with E-state index >= 15 is 0 Å². The minimum atomic E-state index is -4.58. The van der Waals surface area contributed by atoms with E-state index < -0.39 is 18.0 Å². The second-order valence-electron chi connectivity index (χ2n) is 4.25. The van der Waals surface area contributed by atoms with Crippen molar-refractivity contribution in [2.24, 2.45) is 0 Å². The smallest absolute Gasteiger partial charge is 0.451 e. The molecule has 1 N–H and O–H groups in total. The Balaban J connectivity index is 2.01. The van der Waals surface area contributed by atoms with Crippen LogP contribution in [0, 0.1) is 0 Å². The largest absolute Gasteiger partial charge is 0.460 e. The van der Waals surface area contributed by atoms with Gasteiger partial charge >= 0.3 is 12.1 Å². The van der Waals surface area contributed by atoms with E-state index in [0.29, 0.717) is 11.4 Å². The summed E-state index contributed by atoms with van der Waals surface area (Å²) < 4.78 is 41.8. The third-order valence-electron chi connectivity index (χ3n) is 2.55. The topological polar surface area (TPSA) is 89.9 Å². The fourth-order valence-corrected chi connectivity index (χ4v) is 1.54. The molecule has 2 aromatic rings. The van der Waals surface area contributed by atoms with Crippen molar-refractivity contribution in [2.75, 3.05) is 11.9 Å². The number of carbonyl (C=O) groups excluding carboxylic acids is 1. The molecule has 122 valence electrons. The van der Waals surface area contributed by atoms with Gasteiger partial charge < -0.3 is 10.1 Å². The molecule has 0 amide bonds. The van der Waals surface area contributed by atoms with Gasteiger partial charge in [-0.3, -0.25) is 0 Å². The lowest BCUT2D eigenvalue weighted by Crippen LogP contribution is -2.13. The quantitative estimate of drug-likeness (QED) is 0.841. The molecule has 0 aliphatic heterocycles. The third kappa shape index (κ3) is 4.59. The van der Waals surface area contributed by atoms with Crippen LogP contribution in [-0.4, -0.2) is 32.5 Å². The summed E-state index contributed by atoms with van der Waals surface area (Å²) in [5, 5.41) is 2.84. The van der Waals surface area contributed by atoms with E-state index in [9.17, 15) is 18.0 Å². The Morgan fingerprint density at radius 1 is 1.26 bits per heavy atom. The maximum Gasteiger partial charge on any atom is 0.451 e. The number of nitrogens with zero attached hydrogens (tertiary/aromatic N) is 4. The summed E-state index contributed by atoms with van der Waals surface area (Å²) in [5.74, 6) is -1.65. The van der Waals surface area contributed by atoms with E-state index in [1.165, 1.54) is 12.3 Å². The molecular weight excluding hydrogens is 315 g/mol. The van der Waals surface area contributed by atoms with Crippen LogP contribution in [0.1, 0.15) is 28.9 Å². The number of hydrogen-bond acceptors (Lipinski definition) is 7. The second kappa shape index (κ2) is 6.99. The number of esters is 1. The fraction of sp³-hybridized carbons (Fsp3) is 0.308. The summed E-state index contributed by atoms with van der Waals surface area (Å²) in [6.45, 7) is 1.99. The Hall–Kier alpha value is -2.78. The summed E-state index contributed by atoms with van der Waals surface area (Å²) >= 11 is 0. The lowest BCUT2D eigenvalue weighted by Gasteiger charge is -2.08. The number of anilines is 1. The van der Waals surface area contributed by atoms with Crippen molar-refractivity contribution in [1.29, 1.82) is 0 Å². The average Bonchev–Trinajstić information content (AvgIpc) is 2.53. The zero-order valence-electron chi connectivity index (χ0n) is 12.0. The molecule has 0 bridgehead atoms. The maximum absolute atomic E-state index is 12.4. The van der Waals surface area contributed by atoms with Gasteiger partial charge in [0.1, 0.15) is 5.82 Å². The van der Waals surface area contributed by atoms with Crippen molar-refractivity contribution < 1.29 is 22.7 Å². The zero-order chi connectivity index (χ0) is 16.9. The Bertz CT molecular complexity index is 676. The van der Waals surface area contributed by atoms with Gasteiger partial charge in [-0.1, -0.05) is 0 Å². The van der Waals surface area contributed by atoms with Crippen molar-refractivity contribution in [1.82, 2.24) is 19.9 Å². The summed E-state index contributed by atoms with van der Waals surface area (Å²) in [7, 11) is 0. The molecule has 0 atom stereocenters. The van der Waals surface area contributed by atoms with Crippen LogP contribution in [0.2, 0.25) is 0 Å². The molecule has 0 aromatic carbocycles. The van der Waals surface area contributed by atoms with Crippen LogP contribution in [-0.2, 0) is 17.5 Å². The van der Waals surface area contributed by atoms with Crippen molar-refractivity contribution in [3.05, 3.63) is 41.9 Å². The first kappa shape index (κ1) is 16.6. The number of hydrogen-bond donors (Lipinski definition) is 1. The van der Waals surface area contributed by atoms with E-state index in [0.717, 1.165) is 12.4 Å². The molecule has 0 fully saturated rings. The van der Waals surface area contributed by atoms with E-state index in [4.69, 9.17) is 4.74 Å². The molecule has 0 aliphatic carbocycles. The Morgan fingerprint density at radius 3 is 2.57 bits per heavy atom. The van der Waals surface area contributed by atoms with Crippen molar-refractivity contribution in [3.63, 3.8) is 0 Å². The minimum Gasteiger partial charge on any atom is -0.460 e. The first-order valence-electron chi connectivity index (χ1n) is 6.52. The molecule has 0 unspecified atom stereocenters. The van der Waals surface area contributed by atoms with E-state index in [1.54, 1.807) is 6.92 Å². The highest BCUT2D eigenvalue weighted by molar-refractivity contribution is 5.85. The Labute approximate surface area is 129 Å². The number of carbonyl (C=O) groups is 1. The highest BCUT2D eigenvalue weighted by atomic mass is 19.4. The predicted molar refractivity (Wildman–Crippen MR) is 72.3 cm³/mol. The number of ether oxygens (including phenoxy) is 1. The molecule has 10 heteroatoms. The van der Waals surface area contributed by atoms with E-state index in [2.05, 4.69) is 25.3 Å². The molecule has 2 heterocycles. The first-order chi connectivity index (χ1) is 10.9. The predicted octanol–water partition coefficient (Wildman–Crippen LogP) is 2.07. The minimum absolute atomic E-state index is 0.111. The van der Waals surface area contributed by atoms with Gasteiger partial charge in [0.05, 0.1) is 6.61 Å². The van der Waals surface area contributed by atoms with Crippen molar-refractivity contribution in [2.45, 2.75) is 19.6 Å². The van der Waals surface area contributed by atoms with Crippen LogP contribution in [0.3, 0.4) is 0 Å². The molecule has 0 aliphatic rings. The molecular formula is C13H12F3N5O2. The van der Waals surface area contributed by atoms with Crippen molar-refractivity contribution in [3.8, 4) is 0 Å². The van der Waals surface area contributed by atoms with Crippen LogP contribution in [0.25, 0.3) is 0 Å². The van der Waals surface area contributed by atoms with Crippen molar-refractivity contribution >= 4 is 11.8 Å².